The maximum Gasteiger partial charge on any atom is 0.253 e. The van der Waals surface area contributed by atoms with Crippen molar-refractivity contribution < 1.29 is 9.59 Å². The number of hydrogen-bond donors (Lipinski definition) is 0. The zero-order valence-electron chi connectivity index (χ0n) is 17.8. The lowest BCUT2D eigenvalue weighted by atomic mass is 9.78. The van der Waals surface area contributed by atoms with E-state index in [4.69, 9.17) is 0 Å². The zero-order chi connectivity index (χ0) is 19.8. The average Bonchev–Trinajstić information content (AvgIpc) is 3.38. The number of allylic oxidation sites excluding steroid dienone is 2. The molecule has 4 atom stereocenters. The number of carbonyl (C=O) groups is 2. The van der Waals surface area contributed by atoms with Crippen LogP contribution in [0, 0.1) is 23.7 Å². The molecule has 0 N–H and O–H groups in total. The van der Waals surface area contributed by atoms with Crippen molar-refractivity contribution in [1.29, 1.82) is 0 Å². The van der Waals surface area contributed by atoms with Crippen LogP contribution in [-0.2, 0) is 9.59 Å². The minimum Gasteiger partial charge on any atom is -0.275 e. The van der Waals surface area contributed by atoms with Crippen molar-refractivity contribution in [2.24, 2.45) is 23.7 Å². The largest absolute Gasteiger partial charge is 0.275 e. The van der Waals surface area contributed by atoms with Crippen molar-refractivity contribution >= 4 is 11.8 Å². The van der Waals surface area contributed by atoms with E-state index in [1.165, 1.54) is 87.7 Å². The Balaban J connectivity index is 1.10. The number of unbranched alkanes of at least 4 members (excludes halogenated alkanes) is 9. The van der Waals surface area contributed by atoms with E-state index in [1.54, 1.807) is 0 Å². The molecular formula is C25H39NO2. The molecule has 3 aliphatic rings. The Labute approximate surface area is 171 Å². The first-order valence-electron chi connectivity index (χ1n) is 11.9. The minimum atomic E-state index is -0.146. The van der Waals surface area contributed by atoms with Gasteiger partial charge in [0.05, 0.1) is 0 Å². The van der Waals surface area contributed by atoms with Crippen LogP contribution in [0.1, 0.15) is 90.4 Å². The van der Waals surface area contributed by atoms with Crippen molar-refractivity contribution in [2.75, 3.05) is 6.54 Å². The topological polar surface area (TPSA) is 37.4 Å². The Bertz CT molecular complexity index is 561. The molecular weight excluding hydrogens is 346 g/mol. The number of imide groups is 1. The molecule has 1 fully saturated rings. The van der Waals surface area contributed by atoms with Gasteiger partial charge in [0.1, 0.15) is 0 Å². The third-order valence-corrected chi connectivity index (χ3v) is 7.34. The van der Waals surface area contributed by atoms with Crippen LogP contribution in [0.4, 0.5) is 0 Å². The van der Waals surface area contributed by atoms with Crippen LogP contribution in [-0.4, -0.2) is 23.3 Å². The molecule has 1 saturated carbocycles. The summed E-state index contributed by atoms with van der Waals surface area (Å²) in [5.41, 5.74) is 0. The predicted molar refractivity (Wildman–Crippen MR) is 115 cm³/mol. The van der Waals surface area contributed by atoms with Crippen molar-refractivity contribution in [3.63, 3.8) is 0 Å². The number of fused-ring (bicyclic) bond motifs is 2. The van der Waals surface area contributed by atoms with E-state index in [2.05, 4.69) is 19.1 Å². The van der Waals surface area contributed by atoms with Crippen LogP contribution < -0.4 is 0 Å². The Morgan fingerprint density at radius 2 is 1.25 bits per heavy atom. The third-order valence-electron chi connectivity index (χ3n) is 7.34. The summed E-state index contributed by atoms with van der Waals surface area (Å²) in [5, 5.41) is 0. The molecule has 1 aliphatic heterocycles. The van der Waals surface area contributed by atoms with Gasteiger partial charge in [0.25, 0.3) is 11.8 Å². The number of carbonyl (C=O) groups excluding carboxylic acids is 2. The van der Waals surface area contributed by atoms with Crippen molar-refractivity contribution in [3.05, 3.63) is 24.3 Å². The van der Waals surface area contributed by atoms with Gasteiger partial charge in [0.2, 0.25) is 0 Å². The lowest BCUT2D eigenvalue weighted by Crippen LogP contribution is -2.30. The summed E-state index contributed by atoms with van der Waals surface area (Å²) >= 11 is 0. The van der Waals surface area contributed by atoms with Crippen LogP contribution in [0.2, 0.25) is 0 Å². The van der Waals surface area contributed by atoms with Crippen LogP contribution >= 0.6 is 0 Å². The molecule has 2 bridgehead atoms. The molecule has 0 aromatic carbocycles. The summed E-state index contributed by atoms with van der Waals surface area (Å²) < 4.78 is 0. The maximum atomic E-state index is 11.5. The van der Waals surface area contributed by atoms with Gasteiger partial charge in [-0.3, -0.25) is 14.5 Å². The van der Waals surface area contributed by atoms with Crippen molar-refractivity contribution in [3.8, 4) is 0 Å². The van der Waals surface area contributed by atoms with E-state index in [1.807, 2.05) is 0 Å². The highest BCUT2D eigenvalue weighted by molar-refractivity contribution is 6.12. The summed E-state index contributed by atoms with van der Waals surface area (Å²) in [4.78, 5) is 24.3. The lowest BCUT2D eigenvalue weighted by molar-refractivity contribution is -0.136. The van der Waals surface area contributed by atoms with E-state index in [9.17, 15) is 9.59 Å². The summed E-state index contributed by atoms with van der Waals surface area (Å²) in [7, 11) is 0. The fraction of sp³-hybridized carbons (Fsp3) is 0.760. The van der Waals surface area contributed by atoms with E-state index in [0.29, 0.717) is 6.54 Å². The number of rotatable bonds is 14. The third kappa shape index (κ3) is 5.58. The smallest absolute Gasteiger partial charge is 0.253 e. The first-order valence-corrected chi connectivity index (χ1v) is 11.9. The number of nitrogens with zero attached hydrogens (tertiary/aromatic N) is 1. The lowest BCUT2D eigenvalue weighted by Gasteiger charge is -2.27. The Morgan fingerprint density at radius 1 is 0.750 bits per heavy atom. The first-order chi connectivity index (χ1) is 13.7. The Hall–Kier alpha value is -1.38. The molecule has 0 aromatic rings. The fourth-order valence-corrected chi connectivity index (χ4v) is 5.78. The average molecular weight is 386 g/mol. The molecule has 28 heavy (non-hydrogen) atoms. The van der Waals surface area contributed by atoms with Gasteiger partial charge in [-0.05, 0) is 42.9 Å². The highest BCUT2D eigenvalue weighted by Crippen LogP contribution is 2.51. The van der Waals surface area contributed by atoms with Gasteiger partial charge >= 0.3 is 0 Å². The van der Waals surface area contributed by atoms with Crippen LogP contribution in [0.15, 0.2) is 24.3 Å². The van der Waals surface area contributed by atoms with Gasteiger partial charge in [-0.1, -0.05) is 83.3 Å². The monoisotopic (exact) mass is 385 g/mol. The predicted octanol–water partition coefficient (Wildman–Crippen LogP) is 6.05. The highest BCUT2D eigenvalue weighted by atomic mass is 16.2. The number of amides is 2. The molecule has 3 nitrogen and oxygen atoms in total. The van der Waals surface area contributed by atoms with Gasteiger partial charge in [-0.15, -0.1) is 0 Å². The Kier molecular flexibility index (Phi) is 8.36. The SMILES string of the molecule is CCC1C2C=CC(C2)C1CCCCCCCCCCCCN1C(=O)C=CC1=O. The molecule has 1 heterocycles. The standard InChI is InChI=1S/C25H39NO2/c1-2-22-20-14-15-21(19-20)23(22)13-11-9-7-5-3-4-6-8-10-12-18-26-24(27)16-17-25(26)28/h14-17,20-23H,2-13,18-19H2,1H3. The quantitative estimate of drug-likeness (QED) is 0.207. The molecule has 0 radical (unpaired) electrons. The molecule has 0 aromatic heterocycles. The molecule has 0 spiro atoms. The Morgan fingerprint density at radius 3 is 1.82 bits per heavy atom. The summed E-state index contributed by atoms with van der Waals surface area (Å²) in [6, 6.07) is 0. The maximum absolute atomic E-state index is 11.5. The van der Waals surface area contributed by atoms with E-state index in [-0.39, 0.29) is 11.8 Å². The highest BCUT2D eigenvalue weighted by Gasteiger charge is 2.42. The van der Waals surface area contributed by atoms with E-state index in [0.717, 1.165) is 36.5 Å². The van der Waals surface area contributed by atoms with Crippen LogP contribution in [0.5, 0.6) is 0 Å². The number of hydrogen-bond acceptors (Lipinski definition) is 2. The van der Waals surface area contributed by atoms with Gasteiger partial charge in [0.15, 0.2) is 0 Å². The molecule has 3 heteroatoms. The zero-order valence-corrected chi connectivity index (χ0v) is 17.8. The molecule has 2 amide bonds. The van der Waals surface area contributed by atoms with Gasteiger partial charge in [-0.25, -0.2) is 0 Å². The normalized spacial score (nSPS) is 28.2. The van der Waals surface area contributed by atoms with E-state index >= 15 is 0 Å². The van der Waals surface area contributed by atoms with Gasteiger partial charge in [0, 0.05) is 18.7 Å². The molecule has 156 valence electrons. The van der Waals surface area contributed by atoms with E-state index < -0.39 is 0 Å². The van der Waals surface area contributed by atoms with Gasteiger partial charge in [-0.2, -0.15) is 0 Å². The summed E-state index contributed by atoms with van der Waals surface area (Å²) in [5.74, 6) is 3.50. The second-order valence-corrected chi connectivity index (χ2v) is 9.17. The van der Waals surface area contributed by atoms with Crippen molar-refractivity contribution in [1.82, 2.24) is 4.90 Å². The summed E-state index contributed by atoms with van der Waals surface area (Å²) in [6.45, 7) is 2.97. The van der Waals surface area contributed by atoms with Crippen LogP contribution in [0.3, 0.4) is 0 Å². The summed E-state index contributed by atoms with van der Waals surface area (Å²) in [6.07, 6.45) is 24.9. The van der Waals surface area contributed by atoms with Crippen molar-refractivity contribution in [2.45, 2.75) is 90.4 Å². The molecule has 2 aliphatic carbocycles. The molecule has 3 rings (SSSR count). The fourth-order valence-electron chi connectivity index (χ4n) is 5.78. The molecule has 0 saturated heterocycles. The van der Waals surface area contributed by atoms with Crippen LogP contribution in [0.25, 0.3) is 0 Å². The first kappa shape index (κ1) is 21.3. The molecule has 4 unspecified atom stereocenters. The second-order valence-electron chi connectivity index (χ2n) is 9.17. The van der Waals surface area contributed by atoms with Gasteiger partial charge < -0.3 is 0 Å². The minimum absolute atomic E-state index is 0.146. The second kappa shape index (κ2) is 11.0.